The summed E-state index contributed by atoms with van der Waals surface area (Å²) >= 11 is 0. The highest BCUT2D eigenvalue weighted by Gasteiger charge is 2.23. The molecule has 1 aromatic rings. The van der Waals surface area contributed by atoms with Crippen molar-refractivity contribution in [3.8, 4) is 0 Å². The maximum absolute atomic E-state index is 10.8. The van der Waals surface area contributed by atoms with E-state index in [0.717, 1.165) is 11.4 Å². The molecule has 0 unspecified atom stereocenters. The number of rotatable bonds is 4. The van der Waals surface area contributed by atoms with Crippen LogP contribution in [0, 0.1) is 5.41 Å². The maximum Gasteiger partial charge on any atom is 0.303 e. The Morgan fingerprint density at radius 3 is 2.06 bits per heavy atom. The van der Waals surface area contributed by atoms with E-state index in [1.807, 2.05) is 13.8 Å². The van der Waals surface area contributed by atoms with Crippen molar-refractivity contribution in [3.05, 3.63) is 23.8 Å². The molecule has 0 saturated carbocycles. The standard InChI is InChI=1S/C14H22N2O2/c1-13(2,3)12-15-8-10(9-16-12)6-14(4,5)7-11(17)18/h8-9H,6-7H2,1-5H3,(H,17,18). The van der Waals surface area contributed by atoms with Gasteiger partial charge in [-0.3, -0.25) is 4.79 Å². The third kappa shape index (κ3) is 4.43. The second-order valence-corrected chi connectivity index (χ2v) is 6.58. The lowest BCUT2D eigenvalue weighted by molar-refractivity contribution is -0.139. The summed E-state index contributed by atoms with van der Waals surface area (Å²) in [6.45, 7) is 10.1. The first-order valence-electron chi connectivity index (χ1n) is 6.13. The van der Waals surface area contributed by atoms with Gasteiger partial charge in [0.1, 0.15) is 5.82 Å². The number of hydrogen-bond acceptors (Lipinski definition) is 3. The fraction of sp³-hybridized carbons (Fsp3) is 0.643. The molecule has 1 heterocycles. The van der Waals surface area contributed by atoms with E-state index in [2.05, 4.69) is 30.7 Å². The van der Waals surface area contributed by atoms with E-state index < -0.39 is 5.97 Å². The normalized spacial score (nSPS) is 12.5. The van der Waals surface area contributed by atoms with Gasteiger partial charge >= 0.3 is 5.97 Å². The Balaban J connectivity index is 2.78. The van der Waals surface area contributed by atoms with Gasteiger partial charge in [-0.2, -0.15) is 0 Å². The highest BCUT2D eigenvalue weighted by atomic mass is 16.4. The molecule has 0 amide bonds. The average Bonchev–Trinajstić information content (AvgIpc) is 2.13. The first kappa shape index (κ1) is 14.6. The molecule has 0 atom stereocenters. The van der Waals surface area contributed by atoms with E-state index in [1.165, 1.54) is 0 Å². The van der Waals surface area contributed by atoms with Crippen LogP contribution in [0.15, 0.2) is 12.4 Å². The number of carboxylic acid groups (broad SMARTS) is 1. The Hall–Kier alpha value is -1.45. The van der Waals surface area contributed by atoms with Crippen LogP contribution in [0.3, 0.4) is 0 Å². The molecule has 18 heavy (non-hydrogen) atoms. The van der Waals surface area contributed by atoms with E-state index in [9.17, 15) is 4.79 Å². The van der Waals surface area contributed by atoms with Gasteiger partial charge in [0, 0.05) is 17.8 Å². The SMILES string of the molecule is CC(C)(CC(=O)O)Cc1cnc(C(C)(C)C)nc1. The number of carboxylic acids is 1. The van der Waals surface area contributed by atoms with Crippen molar-refractivity contribution >= 4 is 5.97 Å². The molecule has 1 aromatic heterocycles. The van der Waals surface area contributed by atoms with Crippen molar-refractivity contribution in [1.82, 2.24) is 9.97 Å². The molecule has 0 aliphatic carbocycles. The molecule has 0 aliphatic heterocycles. The molecule has 0 bridgehead atoms. The van der Waals surface area contributed by atoms with E-state index >= 15 is 0 Å². The summed E-state index contributed by atoms with van der Waals surface area (Å²) in [5.74, 6) is 0.0366. The smallest absolute Gasteiger partial charge is 0.303 e. The molecular formula is C14H22N2O2. The quantitative estimate of drug-likeness (QED) is 0.892. The van der Waals surface area contributed by atoms with E-state index in [1.54, 1.807) is 12.4 Å². The first-order valence-corrected chi connectivity index (χ1v) is 6.13. The van der Waals surface area contributed by atoms with E-state index in [0.29, 0.717) is 6.42 Å². The van der Waals surface area contributed by atoms with Crippen LogP contribution in [0.2, 0.25) is 0 Å². The first-order chi connectivity index (χ1) is 8.10. The Kier molecular flexibility index (Phi) is 4.09. The van der Waals surface area contributed by atoms with E-state index in [-0.39, 0.29) is 17.3 Å². The monoisotopic (exact) mass is 250 g/mol. The molecule has 0 fully saturated rings. The number of carbonyl (C=O) groups is 1. The van der Waals surface area contributed by atoms with E-state index in [4.69, 9.17) is 5.11 Å². The lowest BCUT2D eigenvalue weighted by atomic mass is 9.83. The Labute approximate surface area is 108 Å². The highest BCUT2D eigenvalue weighted by molar-refractivity contribution is 5.67. The zero-order chi connectivity index (χ0) is 14.0. The Bertz CT molecular complexity index is 416. The highest BCUT2D eigenvalue weighted by Crippen LogP contribution is 2.26. The summed E-state index contributed by atoms with van der Waals surface area (Å²) in [4.78, 5) is 19.5. The van der Waals surface area contributed by atoms with Crippen molar-refractivity contribution in [2.24, 2.45) is 5.41 Å². The van der Waals surface area contributed by atoms with Gasteiger partial charge < -0.3 is 5.11 Å². The zero-order valence-corrected chi connectivity index (χ0v) is 11.8. The second kappa shape index (κ2) is 5.04. The van der Waals surface area contributed by atoms with Crippen LogP contribution < -0.4 is 0 Å². The van der Waals surface area contributed by atoms with Gasteiger partial charge in [0.25, 0.3) is 0 Å². The minimum absolute atomic E-state index is 0.0604. The molecule has 0 aromatic carbocycles. The third-order valence-electron chi connectivity index (χ3n) is 2.69. The maximum atomic E-state index is 10.8. The Morgan fingerprint density at radius 1 is 1.17 bits per heavy atom. The van der Waals surface area contributed by atoms with Crippen LogP contribution in [0.5, 0.6) is 0 Å². The van der Waals surface area contributed by atoms with Crippen molar-refractivity contribution < 1.29 is 9.90 Å². The lowest BCUT2D eigenvalue weighted by Crippen LogP contribution is -2.21. The topological polar surface area (TPSA) is 63.1 Å². The molecule has 4 nitrogen and oxygen atoms in total. The van der Waals surface area contributed by atoms with Crippen molar-refractivity contribution in [2.45, 2.75) is 52.9 Å². The van der Waals surface area contributed by atoms with Crippen LogP contribution >= 0.6 is 0 Å². The third-order valence-corrected chi connectivity index (χ3v) is 2.69. The van der Waals surface area contributed by atoms with Gasteiger partial charge in [0.2, 0.25) is 0 Å². The van der Waals surface area contributed by atoms with Crippen molar-refractivity contribution in [2.75, 3.05) is 0 Å². The predicted molar refractivity (Wildman–Crippen MR) is 70.5 cm³/mol. The number of hydrogen-bond donors (Lipinski definition) is 1. The number of aliphatic carboxylic acids is 1. The predicted octanol–water partition coefficient (Wildman–Crippen LogP) is 2.82. The minimum Gasteiger partial charge on any atom is -0.481 e. The molecule has 100 valence electrons. The number of nitrogens with zero attached hydrogens (tertiary/aromatic N) is 2. The number of aromatic nitrogens is 2. The fourth-order valence-corrected chi connectivity index (χ4v) is 1.86. The average molecular weight is 250 g/mol. The van der Waals surface area contributed by atoms with Crippen molar-refractivity contribution in [1.29, 1.82) is 0 Å². The summed E-state index contributed by atoms with van der Waals surface area (Å²) in [5, 5.41) is 8.85. The lowest BCUT2D eigenvalue weighted by Gasteiger charge is -2.22. The van der Waals surface area contributed by atoms with Crippen LogP contribution in [0.4, 0.5) is 0 Å². The molecule has 0 spiro atoms. The molecule has 0 aliphatic rings. The summed E-state index contributed by atoms with van der Waals surface area (Å²) in [5.41, 5.74) is 0.641. The zero-order valence-electron chi connectivity index (χ0n) is 11.8. The Morgan fingerprint density at radius 2 is 1.67 bits per heavy atom. The molecular weight excluding hydrogens is 228 g/mol. The van der Waals surface area contributed by atoms with Gasteiger partial charge in [-0.1, -0.05) is 34.6 Å². The molecule has 1 rings (SSSR count). The van der Waals surface area contributed by atoms with Gasteiger partial charge in [-0.15, -0.1) is 0 Å². The summed E-state index contributed by atoms with van der Waals surface area (Å²) in [7, 11) is 0. The largest absolute Gasteiger partial charge is 0.481 e. The van der Waals surface area contributed by atoms with Gasteiger partial charge in [0.15, 0.2) is 0 Å². The minimum atomic E-state index is -0.771. The van der Waals surface area contributed by atoms with Crippen LogP contribution in [0.25, 0.3) is 0 Å². The molecule has 0 saturated heterocycles. The van der Waals surface area contributed by atoms with Crippen molar-refractivity contribution in [3.63, 3.8) is 0 Å². The summed E-state index contributed by atoms with van der Waals surface area (Å²) in [6, 6.07) is 0. The fourth-order valence-electron chi connectivity index (χ4n) is 1.86. The van der Waals surface area contributed by atoms with Gasteiger partial charge in [-0.05, 0) is 17.4 Å². The van der Waals surface area contributed by atoms with Crippen LogP contribution in [-0.4, -0.2) is 21.0 Å². The summed E-state index contributed by atoms with van der Waals surface area (Å²) < 4.78 is 0. The van der Waals surface area contributed by atoms with Gasteiger partial charge in [0.05, 0.1) is 6.42 Å². The molecule has 0 radical (unpaired) electrons. The molecule has 1 N–H and O–H groups in total. The van der Waals surface area contributed by atoms with Crippen LogP contribution in [-0.2, 0) is 16.6 Å². The van der Waals surface area contributed by atoms with Crippen LogP contribution in [0.1, 0.15) is 52.4 Å². The second-order valence-electron chi connectivity index (χ2n) is 6.58. The summed E-state index contributed by atoms with van der Waals surface area (Å²) in [6.07, 6.45) is 4.42. The molecule has 4 heteroatoms. The van der Waals surface area contributed by atoms with Gasteiger partial charge in [-0.25, -0.2) is 9.97 Å².